The number of ether oxygens (including phenoxy) is 1. The molecular formula is C24H21F3N6O. The van der Waals surface area contributed by atoms with Gasteiger partial charge in [-0.1, -0.05) is 0 Å². The van der Waals surface area contributed by atoms with E-state index in [1.165, 1.54) is 0 Å². The molecule has 0 amide bonds. The van der Waals surface area contributed by atoms with Gasteiger partial charge in [0.1, 0.15) is 29.6 Å². The fourth-order valence-electron chi connectivity index (χ4n) is 4.19. The number of hydrogen-bond acceptors (Lipinski definition) is 5. The van der Waals surface area contributed by atoms with Gasteiger partial charge in [-0.25, -0.2) is 32.8 Å². The maximum atomic E-state index is 14.4. The third kappa shape index (κ3) is 4.07. The summed E-state index contributed by atoms with van der Waals surface area (Å²) in [6, 6.07) is 3.23. The quantitative estimate of drug-likeness (QED) is 0.427. The summed E-state index contributed by atoms with van der Waals surface area (Å²) in [5, 5.41) is 4.46. The Morgan fingerprint density at radius 3 is 2.59 bits per heavy atom. The third-order valence-electron chi connectivity index (χ3n) is 5.74. The van der Waals surface area contributed by atoms with Crippen LogP contribution in [0, 0.1) is 24.4 Å². The topological polar surface area (TPSA) is 70.7 Å². The zero-order valence-corrected chi connectivity index (χ0v) is 18.5. The molecule has 0 unspecified atom stereocenters. The van der Waals surface area contributed by atoms with Crippen molar-refractivity contribution in [2.24, 2.45) is 0 Å². The van der Waals surface area contributed by atoms with Crippen LogP contribution >= 0.6 is 0 Å². The van der Waals surface area contributed by atoms with Crippen molar-refractivity contribution in [2.45, 2.75) is 32.2 Å². The van der Waals surface area contributed by atoms with Gasteiger partial charge in [0.15, 0.2) is 17.4 Å². The lowest BCUT2D eigenvalue weighted by atomic mass is 9.90. The van der Waals surface area contributed by atoms with Crippen LogP contribution < -0.4 is 4.74 Å². The molecule has 4 aromatic rings. The number of benzene rings is 1. The van der Waals surface area contributed by atoms with Crippen LogP contribution in [0.3, 0.4) is 0 Å². The first kappa shape index (κ1) is 21.9. The first-order valence-corrected chi connectivity index (χ1v) is 10.7. The Morgan fingerprint density at radius 1 is 1.09 bits per heavy atom. The standard InChI is InChI=1S/C24H21F3N6O/c1-14-12-32(13-29-14)24-20(34-2)8-15(11-28-24)5-6-21-30-23-17(4-3-7-33(23)31-21)22-18(26)9-16(25)10-19(22)27/h5-6,8-13,17H,3-4,7H2,1-2H3/b6-5+/t17-/m1/s1. The maximum absolute atomic E-state index is 14.4. The van der Waals surface area contributed by atoms with E-state index in [-0.39, 0.29) is 5.56 Å². The molecule has 1 aliphatic rings. The number of pyridine rings is 1. The van der Waals surface area contributed by atoms with Crippen LogP contribution in [0.5, 0.6) is 5.75 Å². The van der Waals surface area contributed by atoms with E-state index in [4.69, 9.17) is 4.74 Å². The molecule has 7 nitrogen and oxygen atoms in total. The van der Waals surface area contributed by atoms with Crippen LogP contribution in [-0.4, -0.2) is 36.4 Å². The lowest BCUT2D eigenvalue weighted by Crippen LogP contribution is -2.20. The zero-order valence-electron chi connectivity index (χ0n) is 18.5. The Labute approximate surface area is 193 Å². The number of aromatic nitrogens is 6. The minimum Gasteiger partial charge on any atom is -0.493 e. The number of aryl methyl sites for hydroxylation is 2. The van der Waals surface area contributed by atoms with Gasteiger partial charge >= 0.3 is 0 Å². The molecule has 1 atom stereocenters. The van der Waals surface area contributed by atoms with Gasteiger partial charge in [0.25, 0.3) is 0 Å². The van der Waals surface area contributed by atoms with Crippen molar-refractivity contribution in [1.29, 1.82) is 0 Å². The van der Waals surface area contributed by atoms with Crippen molar-refractivity contribution < 1.29 is 17.9 Å². The van der Waals surface area contributed by atoms with Gasteiger partial charge in [-0.05, 0) is 43.5 Å². The Kier molecular flexibility index (Phi) is 5.64. The summed E-state index contributed by atoms with van der Waals surface area (Å²) in [5.41, 5.74) is 1.45. The number of hydrogen-bond donors (Lipinski definition) is 0. The fraction of sp³-hybridized carbons (Fsp3) is 0.250. The molecule has 3 aromatic heterocycles. The highest BCUT2D eigenvalue weighted by Crippen LogP contribution is 2.35. The van der Waals surface area contributed by atoms with Crippen LogP contribution in [0.15, 0.2) is 36.9 Å². The second-order valence-electron chi connectivity index (χ2n) is 8.08. The van der Waals surface area contributed by atoms with Gasteiger partial charge in [-0.15, -0.1) is 0 Å². The van der Waals surface area contributed by atoms with E-state index in [1.54, 1.807) is 41.0 Å². The molecule has 174 valence electrons. The van der Waals surface area contributed by atoms with Gasteiger partial charge in [-0.3, -0.25) is 4.57 Å². The molecule has 1 aromatic carbocycles. The monoisotopic (exact) mass is 466 g/mol. The second-order valence-corrected chi connectivity index (χ2v) is 8.08. The van der Waals surface area contributed by atoms with E-state index in [9.17, 15) is 13.2 Å². The van der Waals surface area contributed by atoms with E-state index < -0.39 is 23.4 Å². The molecule has 4 heterocycles. The summed E-state index contributed by atoms with van der Waals surface area (Å²) >= 11 is 0. The summed E-state index contributed by atoms with van der Waals surface area (Å²) in [5.74, 6) is -1.37. The Morgan fingerprint density at radius 2 is 1.88 bits per heavy atom. The SMILES string of the molecule is COc1cc(/C=C/c2nc3n(n2)CCC[C@@H]3c2c(F)cc(F)cc2F)cnc1-n1cnc(C)c1. The largest absolute Gasteiger partial charge is 0.493 e. The number of nitrogens with zero attached hydrogens (tertiary/aromatic N) is 6. The molecule has 0 aliphatic carbocycles. The van der Waals surface area contributed by atoms with Crippen LogP contribution in [0.4, 0.5) is 13.2 Å². The highest BCUT2D eigenvalue weighted by molar-refractivity contribution is 5.67. The first-order valence-electron chi connectivity index (χ1n) is 10.7. The number of imidazole rings is 1. The Bertz CT molecular complexity index is 1370. The summed E-state index contributed by atoms with van der Waals surface area (Å²) in [6.45, 7) is 2.48. The van der Waals surface area contributed by atoms with Crippen LogP contribution in [0.1, 0.15) is 47.2 Å². The maximum Gasteiger partial charge on any atom is 0.180 e. The van der Waals surface area contributed by atoms with Crippen LogP contribution in [-0.2, 0) is 6.54 Å². The van der Waals surface area contributed by atoms with Crippen molar-refractivity contribution >= 4 is 12.2 Å². The molecule has 0 bridgehead atoms. The Hall–Kier alpha value is -3.95. The highest BCUT2D eigenvalue weighted by Gasteiger charge is 2.30. The van der Waals surface area contributed by atoms with E-state index in [0.29, 0.717) is 54.7 Å². The van der Waals surface area contributed by atoms with Crippen molar-refractivity contribution in [3.8, 4) is 11.6 Å². The molecule has 5 rings (SSSR count). The van der Waals surface area contributed by atoms with E-state index in [2.05, 4.69) is 20.1 Å². The number of methoxy groups -OCH3 is 1. The summed E-state index contributed by atoms with van der Waals surface area (Å²) < 4.78 is 51.1. The predicted molar refractivity (Wildman–Crippen MR) is 119 cm³/mol. The van der Waals surface area contributed by atoms with Crippen molar-refractivity contribution in [1.82, 2.24) is 29.3 Å². The van der Waals surface area contributed by atoms with Crippen molar-refractivity contribution in [3.63, 3.8) is 0 Å². The van der Waals surface area contributed by atoms with Gasteiger partial charge in [0, 0.05) is 42.6 Å². The Balaban J connectivity index is 1.43. The highest BCUT2D eigenvalue weighted by atomic mass is 19.1. The summed E-state index contributed by atoms with van der Waals surface area (Å²) in [6.07, 6.45) is 9.87. The molecule has 0 saturated carbocycles. The summed E-state index contributed by atoms with van der Waals surface area (Å²) in [4.78, 5) is 13.2. The lowest BCUT2D eigenvalue weighted by molar-refractivity contribution is 0.410. The normalized spacial score (nSPS) is 15.6. The number of rotatable bonds is 5. The molecule has 0 spiro atoms. The smallest absolute Gasteiger partial charge is 0.180 e. The molecule has 10 heteroatoms. The lowest BCUT2D eigenvalue weighted by Gasteiger charge is -2.23. The first-order chi connectivity index (χ1) is 16.4. The minimum atomic E-state index is -0.946. The predicted octanol–water partition coefficient (Wildman–Crippen LogP) is 4.69. The second kappa shape index (κ2) is 8.77. The number of halogens is 3. The van der Waals surface area contributed by atoms with Gasteiger partial charge in [0.2, 0.25) is 0 Å². The van der Waals surface area contributed by atoms with Gasteiger partial charge in [0.05, 0.1) is 12.8 Å². The molecule has 34 heavy (non-hydrogen) atoms. The van der Waals surface area contributed by atoms with Crippen molar-refractivity contribution in [2.75, 3.05) is 7.11 Å². The zero-order chi connectivity index (χ0) is 23.8. The molecule has 0 saturated heterocycles. The van der Waals surface area contributed by atoms with Gasteiger partial charge in [-0.2, -0.15) is 5.10 Å². The average Bonchev–Trinajstić information content (AvgIpc) is 3.43. The minimum absolute atomic E-state index is 0.176. The van der Waals surface area contributed by atoms with Gasteiger partial charge < -0.3 is 4.74 Å². The third-order valence-corrected chi connectivity index (χ3v) is 5.74. The fourth-order valence-corrected chi connectivity index (χ4v) is 4.19. The van der Waals surface area contributed by atoms with E-state index in [1.807, 2.05) is 19.2 Å². The molecule has 0 fully saturated rings. The molecule has 0 N–H and O–H groups in total. The number of fused-ring (bicyclic) bond motifs is 1. The summed E-state index contributed by atoms with van der Waals surface area (Å²) in [7, 11) is 1.57. The average molecular weight is 466 g/mol. The molecular weight excluding hydrogens is 445 g/mol. The van der Waals surface area contributed by atoms with Crippen LogP contribution in [0.2, 0.25) is 0 Å². The van der Waals surface area contributed by atoms with Crippen molar-refractivity contribution in [3.05, 3.63) is 82.8 Å². The molecule has 0 radical (unpaired) electrons. The van der Waals surface area contributed by atoms with Crippen LogP contribution in [0.25, 0.3) is 18.0 Å². The van der Waals surface area contributed by atoms with E-state index in [0.717, 1.165) is 11.3 Å². The van der Waals surface area contributed by atoms with E-state index >= 15 is 0 Å². The molecule has 1 aliphatic heterocycles.